The average molecular weight is 402 g/mol. The van der Waals surface area contributed by atoms with Crippen molar-refractivity contribution in [1.29, 1.82) is 0 Å². The normalized spacial score (nSPS) is 11.6. The summed E-state index contributed by atoms with van der Waals surface area (Å²) in [5, 5.41) is 25.7. The van der Waals surface area contributed by atoms with Crippen molar-refractivity contribution in [2.24, 2.45) is 20.5 Å². The second kappa shape index (κ2) is 7.42. The fourth-order valence-corrected chi connectivity index (χ4v) is 2.49. The first-order chi connectivity index (χ1) is 10.0. The van der Waals surface area contributed by atoms with E-state index in [9.17, 15) is 13.5 Å². The Hall–Kier alpha value is -1.86. The number of azo groups is 2. The van der Waals surface area contributed by atoms with E-state index in [1.807, 2.05) is 0 Å². The van der Waals surface area contributed by atoms with Gasteiger partial charge in [0, 0.05) is 35.2 Å². The van der Waals surface area contributed by atoms with E-state index in [1.165, 1.54) is 20.2 Å². The number of nitrogens with two attached hydrogens (primary N) is 1. The van der Waals surface area contributed by atoms with Crippen molar-refractivity contribution in [3.8, 4) is 5.75 Å². The molecule has 8 nitrogen and oxygen atoms in total. The number of hydrogen-bond donors (Lipinski definition) is 2. The van der Waals surface area contributed by atoms with Crippen LogP contribution in [0.1, 0.15) is 0 Å². The summed E-state index contributed by atoms with van der Waals surface area (Å²) in [6.07, 6.45) is 0. The molecule has 0 atom stereocenters. The summed E-state index contributed by atoms with van der Waals surface area (Å²) in [7, 11) is 0.287. The molecule has 116 valence electrons. The van der Waals surface area contributed by atoms with Gasteiger partial charge in [-0.05, 0) is 27.1 Å². The van der Waals surface area contributed by atoms with E-state index in [-0.39, 0.29) is 48.5 Å². The van der Waals surface area contributed by atoms with Gasteiger partial charge in [-0.1, -0.05) is 12.1 Å². The molecule has 2 aromatic rings. The Morgan fingerprint density at radius 1 is 1.14 bits per heavy atom. The minimum Gasteiger partial charge on any atom is -0.505 e. The topological polar surface area (TPSA) is 130 Å². The van der Waals surface area contributed by atoms with Crippen molar-refractivity contribution in [2.75, 3.05) is 19.8 Å². The Labute approximate surface area is 142 Å². The Bertz CT molecular complexity index is 841. The van der Waals surface area contributed by atoms with Crippen LogP contribution in [0.2, 0.25) is 0 Å². The molecule has 2 rings (SSSR count). The van der Waals surface area contributed by atoms with Crippen LogP contribution in [0.3, 0.4) is 0 Å². The van der Waals surface area contributed by atoms with Crippen LogP contribution in [0.4, 0.5) is 17.1 Å². The zero-order valence-corrected chi connectivity index (χ0v) is 14.5. The predicted molar refractivity (Wildman–Crippen MR) is 77.9 cm³/mol. The van der Waals surface area contributed by atoms with Crippen molar-refractivity contribution >= 4 is 38.5 Å². The molecule has 0 aliphatic heterocycles. The van der Waals surface area contributed by atoms with Crippen molar-refractivity contribution in [3.63, 3.8) is 0 Å². The summed E-state index contributed by atoms with van der Waals surface area (Å²) in [6.45, 7) is 0. The summed E-state index contributed by atoms with van der Waals surface area (Å²) in [4.78, 5) is -0.158. The van der Waals surface area contributed by atoms with Crippen LogP contribution in [-0.2, 0) is 40.2 Å². The van der Waals surface area contributed by atoms with E-state index in [4.69, 9.17) is 5.73 Å². The molecule has 0 amide bonds. The largest absolute Gasteiger partial charge is 0.505 e. The predicted octanol–water partition coefficient (Wildman–Crippen LogP) is 3.22. The van der Waals surface area contributed by atoms with Gasteiger partial charge in [0.05, 0.1) is 11.1 Å². The molecule has 0 saturated carbocycles. The van der Waals surface area contributed by atoms with Crippen LogP contribution in [-0.4, -0.2) is 19.2 Å². The third kappa shape index (κ3) is 3.15. The molecule has 0 bridgehead atoms. The van der Waals surface area contributed by atoms with Crippen LogP contribution >= 0.6 is 0 Å². The van der Waals surface area contributed by atoms with Gasteiger partial charge in [0.1, 0.15) is 11.4 Å². The molecule has 0 saturated heterocycles. The summed E-state index contributed by atoms with van der Waals surface area (Å²) < 4.78 is 22.5. The molecule has 0 aliphatic carbocycles. The zero-order chi connectivity index (χ0) is 15.6. The number of rotatable bonds is 3. The van der Waals surface area contributed by atoms with Crippen LogP contribution in [0.5, 0.6) is 5.75 Å². The molecule has 2 aromatic carbocycles. The number of benzene rings is 2. The van der Waals surface area contributed by atoms with Crippen molar-refractivity contribution < 1.29 is 34.6 Å². The van der Waals surface area contributed by atoms with Crippen LogP contribution < -0.4 is 5.73 Å². The molecule has 0 fully saturated rings. The van der Waals surface area contributed by atoms with Gasteiger partial charge < -0.3 is 19.3 Å². The van der Waals surface area contributed by atoms with Gasteiger partial charge in [-0.25, -0.2) is 0 Å². The molecule has 0 radical (unpaired) electrons. The number of fused-ring (bicyclic) bond motifs is 1. The number of phenols is 1. The van der Waals surface area contributed by atoms with Gasteiger partial charge in [-0.15, -0.1) is 0 Å². The maximum atomic E-state index is 11.3. The number of anilines is 1. The maximum Gasteiger partial charge on any atom is 0.151 e. The second-order valence-electron chi connectivity index (χ2n) is 4.00. The Kier molecular flexibility index (Phi) is 6.13. The molecular weight excluding hydrogens is 390 g/mol. The number of phenolic OH excluding ortho intramolecular Hbond substituents is 1. The molecule has 10 heteroatoms. The van der Waals surface area contributed by atoms with Gasteiger partial charge >= 0.3 is 0 Å². The number of hydrogen-bond acceptors (Lipinski definition) is 9. The van der Waals surface area contributed by atoms with E-state index in [0.29, 0.717) is 11.1 Å². The van der Waals surface area contributed by atoms with Crippen molar-refractivity contribution in [3.05, 3.63) is 18.2 Å². The van der Waals surface area contributed by atoms with Crippen molar-refractivity contribution in [2.45, 2.75) is 4.90 Å². The first kappa shape index (κ1) is 18.2. The zero-order valence-electron chi connectivity index (χ0n) is 11.7. The molecule has 0 unspecified atom stereocenters. The van der Waals surface area contributed by atoms with Gasteiger partial charge in [0.2, 0.25) is 0 Å². The fourth-order valence-electron chi connectivity index (χ4n) is 1.97. The Morgan fingerprint density at radius 2 is 1.77 bits per heavy atom. The van der Waals surface area contributed by atoms with E-state index >= 15 is 0 Å². The van der Waals surface area contributed by atoms with E-state index in [1.54, 1.807) is 12.1 Å². The smallest absolute Gasteiger partial charge is 0.151 e. The monoisotopic (exact) mass is 404 g/mol. The Balaban J connectivity index is 0.00000242. The van der Waals surface area contributed by atoms with E-state index in [2.05, 4.69) is 20.5 Å². The Morgan fingerprint density at radius 3 is 2.32 bits per heavy atom. The van der Waals surface area contributed by atoms with Gasteiger partial charge in [-0.2, -0.15) is 20.5 Å². The summed E-state index contributed by atoms with van der Waals surface area (Å²) in [5.74, 6) is -0.358. The standard InChI is InChI=1S/C12H12N5O3S.Mo/c1-14-16-7-4-3-6-5-8(21(19)20)11(17-15-2)12(18)9(6)10(7)13;/h3-5,18H,13H2,1-2H3;/q-1;. The summed E-state index contributed by atoms with van der Waals surface area (Å²) in [5.41, 5.74) is 6.36. The molecular formula is C12H12MoN5O3S-. The third-order valence-corrected chi connectivity index (χ3v) is 3.49. The van der Waals surface area contributed by atoms with Gasteiger partial charge in [-0.3, -0.25) is 0 Å². The van der Waals surface area contributed by atoms with Crippen LogP contribution in [0, 0.1) is 0 Å². The molecule has 0 aliphatic rings. The second-order valence-corrected chi connectivity index (χ2v) is 4.91. The number of nitrogen functional groups attached to an aromatic ring is 1. The fraction of sp³-hybridized carbons (Fsp3) is 0.167. The quantitative estimate of drug-likeness (QED) is 0.353. The maximum absolute atomic E-state index is 11.3. The van der Waals surface area contributed by atoms with Crippen LogP contribution in [0.25, 0.3) is 10.8 Å². The summed E-state index contributed by atoms with van der Waals surface area (Å²) in [6, 6.07) is 4.55. The first-order valence-corrected chi connectivity index (χ1v) is 6.85. The molecule has 3 N–H and O–H groups in total. The third-order valence-electron chi connectivity index (χ3n) is 2.82. The molecule has 0 aromatic heterocycles. The molecule has 22 heavy (non-hydrogen) atoms. The number of aromatic hydroxyl groups is 1. The first-order valence-electron chi connectivity index (χ1n) is 5.78. The molecule has 0 spiro atoms. The minimum absolute atomic E-state index is 0. The van der Waals surface area contributed by atoms with Gasteiger partial charge in [0.15, 0.2) is 5.75 Å². The average Bonchev–Trinajstić information content (AvgIpc) is 2.44. The SMILES string of the molecule is CN=Nc1ccc2cc([S-](=O)=O)c(N=NC)c(O)c2c1N.[Mo]. The molecule has 0 heterocycles. The van der Waals surface area contributed by atoms with E-state index in [0.717, 1.165) is 0 Å². The number of nitrogens with zero attached hydrogens (tertiary/aromatic N) is 4. The van der Waals surface area contributed by atoms with E-state index < -0.39 is 10.7 Å². The van der Waals surface area contributed by atoms with Crippen LogP contribution in [0.15, 0.2) is 43.6 Å². The summed E-state index contributed by atoms with van der Waals surface area (Å²) >= 11 is 0. The van der Waals surface area contributed by atoms with Gasteiger partial charge in [0.25, 0.3) is 0 Å². The van der Waals surface area contributed by atoms with Crippen molar-refractivity contribution in [1.82, 2.24) is 0 Å². The minimum atomic E-state index is -2.57.